The molecule has 0 saturated carbocycles. The summed E-state index contributed by atoms with van der Waals surface area (Å²) in [7, 11) is 0. The molecule has 2 aromatic rings. The van der Waals surface area contributed by atoms with Crippen molar-refractivity contribution in [3.63, 3.8) is 0 Å². The minimum absolute atomic E-state index is 0.0904. The van der Waals surface area contributed by atoms with Crippen molar-refractivity contribution < 1.29 is 13.9 Å². The molecule has 5 nitrogen and oxygen atoms in total. The molecule has 1 heterocycles. The molecule has 0 radical (unpaired) electrons. The summed E-state index contributed by atoms with van der Waals surface area (Å²) in [5.74, 6) is -2.44. The molecule has 0 aliphatic carbocycles. The molecule has 20 heavy (non-hydrogen) atoms. The van der Waals surface area contributed by atoms with Crippen LogP contribution in [0.1, 0.15) is 12.5 Å². The minimum Gasteiger partial charge on any atom is -0.494 e. The minimum atomic E-state index is -1.05. The van der Waals surface area contributed by atoms with E-state index in [0.29, 0.717) is 4.57 Å². The average molecular weight is 347 g/mol. The molecule has 0 fully saturated rings. The fourth-order valence-electron chi connectivity index (χ4n) is 1.79. The van der Waals surface area contributed by atoms with Crippen molar-refractivity contribution in [2.45, 2.75) is 13.3 Å². The number of benzene rings is 1. The van der Waals surface area contributed by atoms with Crippen molar-refractivity contribution >= 4 is 15.9 Å². The second-order valence-electron chi connectivity index (χ2n) is 3.97. The Labute approximate surface area is 119 Å². The van der Waals surface area contributed by atoms with E-state index in [9.17, 15) is 23.5 Å². The van der Waals surface area contributed by atoms with Crippen LogP contribution in [0.5, 0.6) is 5.88 Å². The summed E-state index contributed by atoms with van der Waals surface area (Å²) >= 11 is 2.81. The van der Waals surface area contributed by atoms with E-state index in [-0.39, 0.29) is 16.5 Å². The van der Waals surface area contributed by atoms with Gasteiger partial charge >= 0.3 is 5.69 Å². The number of halogens is 3. The highest BCUT2D eigenvalue weighted by Crippen LogP contribution is 2.24. The van der Waals surface area contributed by atoms with E-state index in [1.54, 1.807) is 6.92 Å². The molecule has 0 saturated heterocycles. The zero-order valence-electron chi connectivity index (χ0n) is 10.2. The largest absolute Gasteiger partial charge is 0.494 e. The lowest BCUT2D eigenvalue weighted by Crippen LogP contribution is -2.31. The molecule has 0 amide bonds. The van der Waals surface area contributed by atoms with Crippen molar-refractivity contribution in [3.8, 4) is 11.6 Å². The Kier molecular flexibility index (Phi) is 3.76. The summed E-state index contributed by atoms with van der Waals surface area (Å²) in [4.78, 5) is 25.2. The predicted octanol–water partition coefficient (Wildman–Crippen LogP) is 1.83. The number of aromatic nitrogens is 2. The Morgan fingerprint density at radius 1 is 1.30 bits per heavy atom. The molecule has 0 spiro atoms. The molecule has 0 aliphatic heterocycles. The quantitative estimate of drug-likeness (QED) is 0.814. The summed E-state index contributed by atoms with van der Waals surface area (Å²) in [5.41, 5.74) is -2.39. The standard InChI is InChI=1S/C12H9BrF2N2O3/c1-2-5-10(18)16-12(20)17(11(5)19)9-4-7(14)6(13)3-8(9)15/h3-4,19H,2H2,1H3,(H,16,18,20). The van der Waals surface area contributed by atoms with Gasteiger partial charge in [-0.25, -0.2) is 18.1 Å². The Balaban J connectivity index is 2.87. The fraction of sp³-hybridized carbons (Fsp3) is 0.167. The number of rotatable bonds is 2. The van der Waals surface area contributed by atoms with Crippen LogP contribution < -0.4 is 11.2 Å². The van der Waals surface area contributed by atoms with Crippen LogP contribution in [-0.4, -0.2) is 14.7 Å². The van der Waals surface area contributed by atoms with E-state index in [2.05, 4.69) is 15.9 Å². The first-order valence-corrected chi connectivity index (χ1v) is 6.38. The zero-order chi connectivity index (χ0) is 15.0. The molecule has 0 unspecified atom stereocenters. The van der Waals surface area contributed by atoms with Crippen LogP contribution in [0.2, 0.25) is 0 Å². The third-order valence-corrected chi connectivity index (χ3v) is 3.37. The Morgan fingerprint density at radius 3 is 2.55 bits per heavy atom. The summed E-state index contributed by atoms with van der Waals surface area (Å²) in [6.45, 7) is 1.58. The average Bonchev–Trinajstić information content (AvgIpc) is 2.35. The van der Waals surface area contributed by atoms with E-state index in [1.807, 2.05) is 4.98 Å². The topological polar surface area (TPSA) is 75.1 Å². The number of H-pyrrole nitrogens is 1. The summed E-state index contributed by atoms with van der Waals surface area (Å²) in [5, 5.41) is 9.93. The first-order valence-electron chi connectivity index (χ1n) is 5.58. The van der Waals surface area contributed by atoms with Crippen LogP contribution in [0.4, 0.5) is 8.78 Å². The Morgan fingerprint density at radius 2 is 1.95 bits per heavy atom. The van der Waals surface area contributed by atoms with Crippen molar-refractivity contribution in [3.05, 3.63) is 54.6 Å². The highest BCUT2D eigenvalue weighted by atomic mass is 79.9. The second-order valence-corrected chi connectivity index (χ2v) is 4.82. The maximum atomic E-state index is 13.9. The third kappa shape index (κ3) is 2.26. The molecule has 8 heteroatoms. The maximum Gasteiger partial charge on any atom is 0.335 e. The third-order valence-electron chi connectivity index (χ3n) is 2.76. The van der Waals surface area contributed by atoms with Gasteiger partial charge in [0.25, 0.3) is 5.56 Å². The second kappa shape index (κ2) is 5.20. The van der Waals surface area contributed by atoms with E-state index >= 15 is 0 Å². The summed E-state index contributed by atoms with van der Waals surface area (Å²) in [6.07, 6.45) is 0.127. The van der Waals surface area contributed by atoms with Gasteiger partial charge in [0.05, 0.1) is 15.7 Å². The van der Waals surface area contributed by atoms with Crippen LogP contribution in [0.3, 0.4) is 0 Å². The number of aromatic amines is 1. The SMILES string of the molecule is CCc1c(O)n(-c2cc(F)c(Br)cc2F)c(=O)[nH]c1=O. The number of hydrogen-bond acceptors (Lipinski definition) is 3. The van der Waals surface area contributed by atoms with Crippen molar-refractivity contribution in [2.75, 3.05) is 0 Å². The normalized spacial score (nSPS) is 10.8. The Hall–Kier alpha value is -1.96. The monoisotopic (exact) mass is 346 g/mol. The van der Waals surface area contributed by atoms with Crippen LogP contribution in [0.15, 0.2) is 26.2 Å². The van der Waals surface area contributed by atoms with Crippen molar-refractivity contribution in [1.29, 1.82) is 0 Å². The zero-order valence-corrected chi connectivity index (χ0v) is 11.8. The smallest absolute Gasteiger partial charge is 0.335 e. The fourth-order valence-corrected chi connectivity index (χ4v) is 2.10. The molecule has 1 aromatic carbocycles. The first kappa shape index (κ1) is 14.4. The lowest BCUT2D eigenvalue weighted by atomic mass is 10.2. The van der Waals surface area contributed by atoms with Crippen molar-refractivity contribution in [1.82, 2.24) is 9.55 Å². The van der Waals surface area contributed by atoms with Crippen LogP contribution in [0, 0.1) is 11.6 Å². The maximum absolute atomic E-state index is 13.9. The lowest BCUT2D eigenvalue weighted by molar-refractivity contribution is 0.420. The summed E-state index contributed by atoms with van der Waals surface area (Å²) in [6, 6.07) is 1.57. The molecule has 106 valence electrons. The van der Waals surface area contributed by atoms with Gasteiger partial charge in [-0.3, -0.25) is 9.78 Å². The molecule has 1 aromatic heterocycles. The molecule has 2 N–H and O–H groups in total. The van der Waals surface area contributed by atoms with Crippen LogP contribution in [0.25, 0.3) is 5.69 Å². The van der Waals surface area contributed by atoms with Gasteiger partial charge in [-0.2, -0.15) is 0 Å². The van der Waals surface area contributed by atoms with E-state index in [0.717, 1.165) is 12.1 Å². The van der Waals surface area contributed by atoms with E-state index < -0.39 is 34.5 Å². The Bertz CT molecular complexity index is 799. The lowest BCUT2D eigenvalue weighted by Gasteiger charge is -2.11. The first-order chi connectivity index (χ1) is 9.36. The number of nitrogens with zero attached hydrogens (tertiary/aromatic N) is 1. The predicted molar refractivity (Wildman–Crippen MR) is 71.3 cm³/mol. The number of aromatic hydroxyl groups is 1. The number of nitrogens with one attached hydrogen (secondary N) is 1. The molecule has 0 aliphatic rings. The van der Waals surface area contributed by atoms with E-state index in [4.69, 9.17) is 0 Å². The molecule has 2 rings (SSSR count). The van der Waals surface area contributed by atoms with Gasteiger partial charge in [0.15, 0.2) is 0 Å². The summed E-state index contributed by atoms with van der Waals surface area (Å²) < 4.78 is 27.7. The van der Waals surface area contributed by atoms with Gasteiger partial charge in [-0.05, 0) is 28.4 Å². The van der Waals surface area contributed by atoms with Gasteiger partial charge in [0.1, 0.15) is 11.6 Å². The molecule has 0 atom stereocenters. The van der Waals surface area contributed by atoms with Crippen molar-refractivity contribution in [2.24, 2.45) is 0 Å². The molecular weight excluding hydrogens is 338 g/mol. The van der Waals surface area contributed by atoms with Gasteiger partial charge in [-0.1, -0.05) is 6.92 Å². The molecular formula is C12H9BrF2N2O3. The van der Waals surface area contributed by atoms with Crippen LogP contribution >= 0.6 is 15.9 Å². The highest BCUT2D eigenvalue weighted by molar-refractivity contribution is 9.10. The van der Waals surface area contributed by atoms with E-state index in [1.165, 1.54) is 0 Å². The number of hydrogen-bond donors (Lipinski definition) is 2. The van der Waals surface area contributed by atoms with Gasteiger partial charge in [-0.15, -0.1) is 0 Å². The van der Waals surface area contributed by atoms with Gasteiger partial charge in [0.2, 0.25) is 5.88 Å². The van der Waals surface area contributed by atoms with Gasteiger partial charge < -0.3 is 5.11 Å². The molecule has 0 bridgehead atoms. The van der Waals surface area contributed by atoms with Crippen LogP contribution in [-0.2, 0) is 6.42 Å². The highest BCUT2D eigenvalue weighted by Gasteiger charge is 2.18. The van der Waals surface area contributed by atoms with Gasteiger partial charge in [0, 0.05) is 6.07 Å².